The van der Waals surface area contributed by atoms with Crippen molar-refractivity contribution in [2.24, 2.45) is 0 Å². The molecule has 1 aromatic rings. The van der Waals surface area contributed by atoms with E-state index in [9.17, 15) is 0 Å². The van der Waals surface area contributed by atoms with Crippen LogP contribution in [0.3, 0.4) is 0 Å². The molecule has 2 rings (SSSR count). The Bertz CT molecular complexity index is 591. The molecular formula is C20H19CrNO6. The summed E-state index contributed by atoms with van der Waals surface area (Å²) in [4.78, 5) is 2.44. The topological polar surface area (TPSA) is 112 Å². The molecule has 0 saturated carbocycles. The molecule has 7 nitrogen and oxygen atoms in total. The van der Waals surface area contributed by atoms with Crippen molar-refractivity contribution < 1.29 is 43.8 Å². The van der Waals surface area contributed by atoms with Gasteiger partial charge >= 0.3 is 174 Å². The molecule has 0 aliphatic carbocycles. The predicted octanol–water partition coefficient (Wildman–Crippen LogP) is 2.65. The van der Waals surface area contributed by atoms with Gasteiger partial charge in [0.1, 0.15) is 0 Å². The van der Waals surface area contributed by atoms with Gasteiger partial charge in [-0.3, -0.25) is 0 Å². The van der Waals surface area contributed by atoms with Crippen LogP contribution in [0.1, 0.15) is 25.3 Å². The minimum absolute atomic E-state index is 0.695. The van der Waals surface area contributed by atoms with Crippen molar-refractivity contribution in [3.63, 3.8) is 0 Å². The van der Waals surface area contributed by atoms with Gasteiger partial charge in [0, 0.05) is 0 Å². The number of rotatable bonds is 5. The van der Waals surface area contributed by atoms with E-state index in [0.29, 0.717) is 6.61 Å². The van der Waals surface area contributed by atoms with E-state index in [1.807, 2.05) is 6.92 Å². The summed E-state index contributed by atoms with van der Waals surface area (Å²) in [5, 5.41) is 0. The molecule has 1 fully saturated rings. The molecule has 0 N–H and O–H groups in total. The van der Waals surface area contributed by atoms with Gasteiger partial charge in [0.2, 0.25) is 0 Å². The SMILES string of the molecule is CCO[C](=[Cr])/C=C(\c1ccccc1)N1CCCC1.[C-]#[O+].[C-]#[O+].[C-]#[O+].[C-]#[O+].[C-]#[O+]. The number of likely N-dealkylation sites (tertiary alicyclic amines) is 1. The van der Waals surface area contributed by atoms with Crippen LogP contribution in [0.2, 0.25) is 0 Å². The molecule has 0 unspecified atom stereocenters. The molecule has 0 bridgehead atoms. The normalized spacial score (nSPS) is 10.7. The first-order chi connectivity index (χ1) is 13.8. The summed E-state index contributed by atoms with van der Waals surface area (Å²) in [6, 6.07) is 10.5. The van der Waals surface area contributed by atoms with E-state index in [4.69, 9.17) is 28.0 Å². The van der Waals surface area contributed by atoms with Crippen LogP contribution in [0.15, 0.2) is 36.4 Å². The van der Waals surface area contributed by atoms with Crippen molar-refractivity contribution in [1.82, 2.24) is 4.90 Å². The third kappa shape index (κ3) is 16.0. The van der Waals surface area contributed by atoms with Gasteiger partial charge in [0.05, 0.1) is 0 Å². The van der Waals surface area contributed by atoms with Crippen LogP contribution in [0.4, 0.5) is 0 Å². The fourth-order valence-corrected chi connectivity index (χ4v) is 2.58. The van der Waals surface area contributed by atoms with E-state index in [-0.39, 0.29) is 0 Å². The van der Waals surface area contributed by atoms with Crippen LogP contribution < -0.4 is 0 Å². The molecule has 8 heteroatoms. The summed E-state index contributed by atoms with van der Waals surface area (Å²) in [5.41, 5.74) is 2.52. The molecular weight excluding hydrogens is 402 g/mol. The molecule has 1 saturated heterocycles. The van der Waals surface area contributed by atoms with Crippen LogP contribution in [-0.4, -0.2) is 29.2 Å². The van der Waals surface area contributed by atoms with Crippen molar-refractivity contribution in [2.45, 2.75) is 19.8 Å². The van der Waals surface area contributed by atoms with Gasteiger partial charge in [-0.15, -0.1) is 0 Å². The number of hydrogen-bond acceptors (Lipinski definition) is 2. The summed E-state index contributed by atoms with van der Waals surface area (Å²) in [7, 11) is 0. The minimum atomic E-state index is 0.695. The zero-order valence-corrected chi connectivity index (χ0v) is 16.6. The Morgan fingerprint density at radius 1 is 0.929 bits per heavy atom. The molecule has 1 heterocycles. The number of ether oxygens (including phenoxy) is 1. The second-order valence-corrected chi connectivity index (χ2v) is 4.97. The Morgan fingerprint density at radius 2 is 1.36 bits per heavy atom. The van der Waals surface area contributed by atoms with Crippen molar-refractivity contribution in [2.75, 3.05) is 19.7 Å². The van der Waals surface area contributed by atoms with E-state index in [1.165, 1.54) is 24.1 Å². The molecule has 1 aliphatic rings. The second-order valence-electron chi connectivity index (χ2n) is 4.34. The molecule has 0 amide bonds. The van der Waals surface area contributed by atoms with Crippen LogP contribution in [0.25, 0.3) is 5.70 Å². The van der Waals surface area contributed by atoms with Gasteiger partial charge in [-0.05, 0) is 0 Å². The van der Waals surface area contributed by atoms with Gasteiger partial charge in [-0.2, -0.15) is 0 Å². The van der Waals surface area contributed by atoms with E-state index in [1.54, 1.807) is 0 Å². The maximum absolute atomic E-state index is 7.50. The first kappa shape index (κ1) is 33.4. The number of hydrogen-bond donors (Lipinski definition) is 0. The average Bonchev–Trinajstić information content (AvgIpc) is 3.34. The van der Waals surface area contributed by atoms with Crippen molar-refractivity contribution in [3.8, 4) is 0 Å². The van der Waals surface area contributed by atoms with Crippen LogP contribution in [-0.2, 0) is 43.8 Å². The Kier molecular flexibility index (Phi) is 35.3. The number of nitrogens with zero attached hydrogens (tertiary/aromatic N) is 1. The zero-order valence-electron chi connectivity index (χ0n) is 15.3. The quantitative estimate of drug-likeness (QED) is 0.538. The number of benzene rings is 1. The van der Waals surface area contributed by atoms with Gasteiger partial charge in [0.25, 0.3) is 0 Å². The monoisotopic (exact) mass is 421 g/mol. The fraction of sp³-hybridized carbons (Fsp3) is 0.300. The summed E-state index contributed by atoms with van der Waals surface area (Å²) in [6.45, 7) is 27.5. The summed E-state index contributed by atoms with van der Waals surface area (Å²) < 4.78 is 43.9. The third-order valence-electron chi connectivity index (χ3n) is 3.06. The Balaban J connectivity index is -0.000000251. The van der Waals surface area contributed by atoms with E-state index in [2.05, 4.69) is 90.4 Å². The van der Waals surface area contributed by atoms with Crippen LogP contribution in [0.5, 0.6) is 0 Å². The first-order valence-corrected chi connectivity index (χ1v) is 8.16. The Morgan fingerprint density at radius 3 is 1.75 bits per heavy atom. The molecule has 0 spiro atoms. The maximum atomic E-state index is 7.50. The zero-order chi connectivity index (χ0) is 22.8. The summed E-state index contributed by atoms with van der Waals surface area (Å²) in [5.74, 6) is 0. The van der Waals surface area contributed by atoms with Gasteiger partial charge in [-0.1, -0.05) is 0 Å². The fourth-order valence-electron chi connectivity index (χ4n) is 2.22. The van der Waals surface area contributed by atoms with Crippen molar-refractivity contribution >= 4 is 10.3 Å². The summed E-state index contributed by atoms with van der Waals surface area (Å²) in [6.07, 6.45) is 4.67. The molecule has 0 atom stereocenters. The molecule has 28 heavy (non-hydrogen) atoms. The Hall–Kier alpha value is -2.18. The first-order valence-electron chi connectivity index (χ1n) is 7.52. The average molecular weight is 421 g/mol. The molecule has 146 valence electrons. The molecule has 0 radical (unpaired) electrons. The Labute approximate surface area is 173 Å². The third-order valence-corrected chi connectivity index (χ3v) is 3.43. The molecule has 1 aliphatic heterocycles. The van der Waals surface area contributed by atoms with Gasteiger partial charge in [0.15, 0.2) is 0 Å². The molecule has 0 aromatic heterocycles. The molecule has 1 aromatic carbocycles. The van der Waals surface area contributed by atoms with Crippen molar-refractivity contribution in [1.29, 1.82) is 0 Å². The van der Waals surface area contributed by atoms with E-state index in [0.717, 1.165) is 17.7 Å². The standard InChI is InChI=1S/C15H19NO.5CO.Cr/c1-2-17-13-10-15(16-11-6-7-12-16)14-8-4-3-5-9-14;5*1-2;/h3-5,8-10H,2,6-7,11-12H2,1H3;;;;;;/b15-10+;;;;;;. The van der Waals surface area contributed by atoms with Gasteiger partial charge in [-0.25, -0.2) is 0 Å². The summed E-state index contributed by atoms with van der Waals surface area (Å²) >= 11 is 2.99. The van der Waals surface area contributed by atoms with Crippen molar-refractivity contribution in [3.05, 3.63) is 75.2 Å². The van der Waals surface area contributed by atoms with Gasteiger partial charge < -0.3 is 0 Å². The predicted molar refractivity (Wildman–Crippen MR) is 91.5 cm³/mol. The van der Waals surface area contributed by atoms with Crippen LogP contribution >= 0.6 is 0 Å². The van der Waals surface area contributed by atoms with Crippen LogP contribution in [0, 0.1) is 33.3 Å². The van der Waals surface area contributed by atoms with E-state index >= 15 is 0 Å². The second kappa shape index (κ2) is 29.6. The van der Waals surface area contributed by atoms with E-state index < -0.39 is 0 Å².